The van der Waals surface area contributed by atoms with E-state index in [2.05, 4.69) is 0 Å². The van der Waals surface area contributed by atoms with Crippen LogP contribution >= 0.6 is 11.8 Å². The number of rotatable bonds is 6. The Labute approximate surface area is 127 Å². The molecule has 1 saturated heterocycles. The summed E-state index contributed by atoms with van der Waals surface area (Å²) in [5.41, 5.74) is 0. The van der Waals surface area contributed by atoms with Crippen LogP contribution in [0, 0.1) is 5.92 Å². The molecule has 0 unspecified atom stereocenters. The van der Waals surface area contributed by atoms with Gasteiger partial charge in [0, 0.05) is 0 Å². The van der Waals surface area contributed by atoms with Gasteiger partial charge in [0.2, 0.25) is 5.91 Å². The number of hydrogen-bond donors (Lipinski definition) is 0. The maximum absolute atomic E-state index is 11.8. The van der Waals surface area contributed by atoms with Crippen LogP contribution < -0.4 is 9.47 Å². The van der Waals surface area contributed by atoms with Gasteiger partial charge in [-0.3, -0.25) is 4.79 Å². The first-order valence-corrected chi connectivity index (χ1v) is 8.15. The summed E-state index contributed by atoms with van der Waals surface area (Å²) in [4.78, 5) is 24.7. The van der Waals surface area contributed by atoms with Crippen LogP contribution in [-0.4, -0.2) is 41.6 Å². The monoisotopic (exact) mass is 307 g/mol. The molecular weight excluding hydrogens is 290 g/mol. The topological polar surface area (TPSA) is 55.8 Å². The van der Waals surface area contributed by atoms with Crippen molar-refractivity contribution in [2.45, 2.75) is 12.8 Å². The van der Waals surface area contributed by atoms with E-state index >= 15 is 0 Å². The van der Waals surface area contributed by atoms with Crippen molar-refractivity contribution in [3.8, 4) is 11.5 Å². The number of thioether (sulfide) groups is 1. The number of esters is 1. The highest BCUT2D eigenvalue weighted by molar-refractivity contribution is 8.00. The molecule has 0 spiro atoms. The normalized spacial score (nSPS) is 17.9. The number of hydrogen-bond acceptors (Lipinski definition) is 5. The summed E-state index contributed by atoms with van der Waals surface area (Å²) in [6, 6.07) is 7.01. The molecule has 2 aliphatic rings. The maximum Gasteiger partial charge on any atom is 0.331 e. The van der Waals surface area contributed by atoms with E-state index in [1.807, 2.05) is 0 Å². The van der Waals surface area contributed by atoms with Crippen LogP contribution in [0.2, 0.25) is 0 Å². The highest BCUT2D eigenvalue weighted by Crippen LogP contribution is 2.29. The fourth-order valence-corrected chi connectivity index (χ4v) is 2.87. The zero-order valence-electron chi connectivity index (χ0n) is 11.6. The quantitative estimate of drug-likeness (QED) is 0.593. The Kier molecular flexibility index (Phi) is 4.34. The summed E-state index contributed by atoms with van der Waals surface area (Å²) >= 11 is 1.51. The largest absolute Gasteiger partial charge is 0.493 e. The van der Waals surface area contributed by atoms with Crippen molar-refractivity contribution in [3.63, 3.8) is 0 Å². The van der Waals surface area contributed by atoms with E-state index in [1.54, 1.807) is 24.3 Å². The van der Waals surface area contributed by atoms with Crippen molar-refractivity contribution >= 4 is 23.6 Å². The average molecular weight is 307 g/mol. The van der Waals surface area contributed by atoms with E-state index in [0.29, 0.717) is 23.3 Å². The molecule has 1 heterocycles. The third-order valence-electron chi connectivity index (χ3n) is 3.38. The second-order valence-corrected chi connectivity index (χ2v) is 6.22. The second-order valence-electron chi connectivity index (χ2n) is 5.27. The van der Waals surface area contributed by atoms with E-state index in [4.69, 9.17) is 9.47 Å². The van der Waals surface area contributed by atoms with Crippen LogP contribution in [0.1, 0.15) is 12.8 Å². The van der Waals surface area contributed by atoms with Crippen LogP contribution in [0.5, 0.6) is 11.5 Å². The number of carbonyl (C=O) groups excluding carboxylic acids is 2. The molecule has 5 nitrogen and oxygen atoms in total. The fourth-order valence-electron chi connectivity index (χ4n) is 1.96. The minimum Gasteiger partial charge on any atom is -0.493 e. The molecule has 0 aromatic heterocycles. The van der Waals surface area contributed by atoms with Crippen LogP contribution in [-0.2, 0) is 9.59 Å². The molecule has 1 aromatic carbocycles. The Bertz CT molecular complexity index is 527. The molecule has 1 aromatic rings. The predicted molar refractivity (Wildman–Crippen MR) is 79.3 cm³/mol. The Hall–Kier alpha value is -1.69. The van der Waals surface area contributed by atoms with Crippen molar-refractivity contribution < 1.29 is 19.1 Å². The summed E-state index contributed by atoms with van der Waals surface area (Å²) in [7, 11) is 0. The number of ether oxygens (including phenoxy) is 2. The van der Waals surface area contributed by atoms with Crippen molar-refractivity contribution in [1.29, 1.82) is 0 Å². The van der Waals surface area contributed by atoms with Gasteiger partial charge >= 0.3 is 5.97 Å². The van der Waals surface area contributed by atoms with E-state index in [1.165, 1.54) is 29.5 Å². The highest BCUT2D eigenvalue weighted by atomic mass is 32.2. The fraction of sp³-hybridized carbons (Fsp3) is 0.467. The summed E-state index contributed by atoms with van der Waals surface area (Å²) in [6.45, 7) is 0.764. The van der Waals surface area contributed by atoms with Gasteiger partial charge in [-0.2, -0.15) is 0 Å². The smallest absolute Gasteiger partial charge is 0.331 e. The molecule has 1 saturated carbocycles. The molecule has 0 atom stereocenters. The molecule has 1 amide bonds. The molecule has 2 fully saturated rings. The molecule has 6 heteroatoms. The summed E-state index contributed by atoms with van der Waals surface area (Å²) in [6.07, 6.45) is 2.51. The zero-order valence-corrected chi connectivity index (χ0v) is 12.4. The van der Waals surface area contributed by atoms with Gasteiger partial charge in [-0.25, -0.2) is 4.79 Å². The van der Waals surface area contributed by atoms with Crippen LogP contribution in [0.4, 0.5) is 0 Å². The van der Waals surface area contributed by atoms with Crippen molar-refractivity contribution in [3.05, 3.63) is 24.3 Å². The third-order valence-corrected chi connectivity index (χ3v) is 4.33. The lowest BCUT2D eigenvalue weighted by Gasteiger charge is -2.13. The molecule has 1 aliphatic heterocycles. The Morgan fingerprint density at radius 3 is 2.57 bits per heavy atom. The minimum atomic E-state index is -0.419. The molecule has 0 radical (unpaired) electrons. The highest BCUT2D eigenvalue weighted by Gasteiger charge is 2.24. The summed E-state index contributed by atoms with van der Waals surface area (Å²) < 4.78 is 10.8. The van der Waals surface area contributed by atoms with E-state index < -0.39 is 5.97 Å². The Balaban J connectivity index is 1.47. The van der Waals surface area contributed by atoms with Crippen molar-refractivity contribution in [2.24, 2.45) is 5.92 Å². The van der Waals surface area contributed by atoms with E-state index in [0.717, 1.165) is 12.4 Å². The van der Waals surface area contributed by atoms with Crippen LogP contribution in [0.25, 0.3) is 0 Å². The first kappa shape index (κ1) is 14.3. The lowest BCUT2D eigenvalue weighted by Crippen LogP contribution is -2.33. The summed E-state index contributed by atoms with van der Waals surface area (Å²) in [5, 5.41) is 0. The SMILES string of the molecule is O=C(CN1CSCC1=O)Oc1ccc(OCC2CC2)cc1. The molecule has 3 rings (SSSR count). The first-order valence-electron chi connectivity index (χ1n) is 7.00. The van der Waals surface area contributed by atoms with Gasteiger partial charge in [0.25, 0.3) is 0 Å². The van der Waals surface area contributed by atoms with Gasteiger partial charge < -0.3 is 14.4 Å². The Morgan fingerprint density at radius 2 is 1.95 bits per heavy atom. The zero-order chi connectivity index (χ0) is 14.7. The summed E-state index contributed by atoms with van der Waals surface area (Å²) in [5.74, 6) is 2.53. The number of nitrogens with zero attached hydrogens (tertiary/aromatic N) is 1. The molecule has 0 N–H and O–H groups in total. The standard InChI is InChI=1S/C15H17NO4S/c17-14-9-21-10-16(14)7-15(18)20-13-5-3-12(4-6-13)19-8-11-1-2-11/h3-6,11H,1-2,7-10H2. The number of benzene rings is 1. The lowest BCUT2D eigenvalue weighted by atomic mass is 10.3. The van der Waals surface area contributed by atoms with Crippen molar-refractivity contribution in [1.82, 2.24) is 4.90 Å². The predicted octanol–water partition coefficient (Wildman–Crippen LogP) is 1.91. The van der Waals surface area contributed by atoms with Crippen molar-refractivity contribution in [2.75, 3.05) is 24.8 Å². The molecule has 21 heavy (non-hydrogen) atoms. The number of amides is 1. The van der Waals surface area contributed by atoms with E-state index in [-0.39, 0.29) is 12.5 Å². The lowest BCUT2D eigenvalue weighted by molar-refractivity contribution is -0.140. The Morgan fingerprint density at radius 1 is 1.24 bits per heavy atom. The van der Waals surface area contributed by atoms with Crippen LogP contribution in [0.3, 0.4) is 0 Å². The maximum atomic E-state index is 11.8. The van der Waals surface area contributed by atoms with Gasteiger partial charge in [-0.05, 0) is 43.0 Å². The van der Waals surface area contributed by atoms with Gasteiger partial charge in [0.05, 0.1) is 18.2 Å². The first-order chi connectivity index (χ1) is 10.2. The molecule has 0 bridgehead atoms. The van der Waals surface area contributed by atoms with Gasteiger partial charge in [0.1, 0.15) is 18.0 Å². The third kappa shape index (κ3) is 4.14. The molecule has 1 aliphatic carbocycles. The van der Waals surface area contributed by atoms with Crippen LogP contribution in [0.15, 0.2) is 24.3 Å². The van der Waals surface area contributed by atoms with Gasteiger partial charge in [-0.1, -0.05) is 0 Å². The van der Waals surface area contributed by atoms with Gasteiger partial charge in [0.15, 0.2) is 0 Å². The van der Waals surface area contributed by atoms with Gasteiger partial charge in [-0.15, -0.1) is 11.8 Å². The van der Waals surface area contributed by atoms with E-state index in [9.17, 15) is 9.59 Å². The molecule has 112 valence electrons. The number of carbonyl (C=O) groups is 2. The average Bonchev–Trinajstić information content (AvgIpc) is 3.22. The minimum absolute atomic E-state index is 0.00572. The molecular formula is C15H17NO4S. The second kappa shape index (κ2) is 6.39.